The molecule has 0 saturated heterocycles. The molecule has 0 radical (unpaired) electrons. The van der Waals surface area contributed by atoms with Gasteiger partial charge in [-0.2, -0.15) is 0 Å². The van der Waals surface area contributed by atoms with Crippen molar-refractivity contribution in [2.45, 2.75) is 32.1 Å². The minimum atomic E-state index is 0.0276. The maximum absolute atomic E-state index is 12.2. The van der Waals surface area contributed by atoms with Gasteiger partial charge in [-0.15, -0.1) is 0 Å². The predicted molar refractivity (Wildman–Crippen MR) is 83.6 cm³/mol. The molecule has 1 N–H and O–H groups in total. The molecule has 1 aromatic rings. The Kier molecular flexibility index (Phi) is 5.51. The number of nitrogens with zero attached hydrogens (tertiary/aromatic N) is 1. The number of ketones is 1. The van der Waals surface area contributed by atoms with Crippen LogP contribution in [0.4, 0.5) is 0 Å². The fraction of sp³-hybridized carbons (Fsp3) is 0.529. The summed E-state index contributed by atoms with van der Waals surface area (Å²) in [6, 6.07) is 5.98. The molecule has 0 saturated carbocycles. The average Bonchev–Trinajstić information content (AvgIpc) is 2.97. The second-order valence-electron chi connectivity index (χ2n) is 5.68. The maximum Gasteiger partial charge on any atom is 0.222 e. The van der Waals surface area contributed by atoms with Crippen LogP contribution in [0.25, 0.3) is 0 Å². The van der Waals surface area contributed by atoms with Gasteiger partial charge >= 0.3 is 0 Å². The summed E-state index contributed by atoms with van der Waals surface area (Å²) in [6.45, 7) is 1.43. The van der Waals surface area contributed by atoms with Crippen molar-refractivity contribution < 1.29 is 9.59 Å². The summed E-state index contributed by atoms with van der Waals surface area (Å²) >= 11 is 0. The fourth-order valence-electron chi connectivity index (χ4n) is 2.71. The highest BCUT2D eigenvalue weighted by atomic mass is 16.2. The third kappa shape index (κ3) is 4.14. The molecule has 0 aliphatic heterocycles. The summed E-state index contributed by atoms with van der Waals surface area (Å²) in [7, 11) is 3.63. The minimum Gasteiger partial charge on any atom is -0.344 e. The lowest BCUT2D eigenvalue weighted by molar-refractivity contribution is -0.129. The number of Topliss-reactive ketones (excluding diaryl/α,β-unsaturated/α-hetero) is 1. The summed E-state index contributed by atoms with van der Waals surface area (Å²) in [5.41, 5.74) is 3.43. The molecule has 4 heteroatoms. The second kappa shape index (κ2) is 7.36. The van der Waals surface area contributed by atoms with E-state index in [4.69, 9.17) is 0 Å². The van der Waals surface area contributed by atoms with Crippen LogP contribution in [-0.2, 0) is 17.6 Å². The molecule has 0 spiro atoms. The van der Waals surface area contributed by atoms with Crippen molar-refractivity contribution in [1.29, 1.82) is 0 Å². The zero-order valence-electron chi connectivity index (χ0n) is 12.9. The van der Waals surface area contributed by atoms with E-state index in [1.807, 2.05) is 19.2 Å². The molecule has 1 aliphatic carbocycles. The summed E-state index contributed by atoms with van der Waals surface area (Å²) in [5.74, 6) is 0.0971. The molecule has 0 bridgehead atoms. The van der Waals surface area contributed by atoms with Crippen LogP contribution in [0.1, 0.15) is 40.7 Å². The molecule has 1 aliphatic rings. The van der Waals surface area contributed by atoms with Crippen molar-refractivity contribution in [2.24, 2.45) is 0 Å². The Bertz CT molecular complexity index is 526. The molecule has 0 heterocycles. The largest absolute Gasteiger partial charge is 0.344 e. The number of hydrogen-bond donors (Lipinski definition) is 1. The molecule has 114 valence electrons. The third-order valence-electron chi connectivity index (χ3n) is 4.11. The van der Waals surface area contributed by atoms with Gasteiger partial charge in [-0.3, -0.25) is 9.59 Å². The Labute approximate surface area is 126 Å². The zero-order chi connectivity index (χ0) is 15.2. The number of likely N-dealkylation sites (N-methyl/N-ethyl adjacent to an activating group) is 2. The molecule has 0 unspecified atom stereocenters. The summed E-state index contributed by atoms with van der Waals surface area (Å²) in [4.78, 5) is 25.8. The first-order chi connectivity index (χ1) is 10.1. The van der Waals surface area contributed by atoms with Crippen molar-refractivity contribution in [3.05, 3.63) is 34.9 Å². The van der Waals surface area contributed by atoms with Gasteiger partial charge < -0.3 is 10.2 Å². The highest BCUT2D eigenvalue weighted by Gasteiger charge is 2.15. The van der Waals surface area contributed by atoms with Crippen LogP contribution in [-0.4, -0.2) is 43.8 Å². The lowest BCUT2D eigenvalue weighted by Gasteiger charge is -2.16. The smallest absolute Gasteiger partial charge is 0.222 e. The Morgan fingerprint density at radius 1 is 1.19 bits per heavy atom. The topological polar surface area (TPSA) is 49.4 Å². The van der Waals surface area contributed by atoms with E-state index >= 15 is 0 Å². The van der Waals surface area contributed by atoms with E-state index in [9.17, 15) is 9.59 Å². The normalized spacial score (nSPS) is 13.0. The van der Waals surface area contributed by atoms with E-state index in [0.29, 0.717) is 13.0 Å². The first-order valence-electron chi connectivity index (χ1n) is 7.65. The number of fused-ring (bicyclic) bond motifs is 1. The van der Waals surface area contributed by atoms with Gasteiger partial charge in [0.1, 0.15) is 0 Å². The van der Waals surface area contributed by atoms with E-state index in [-0.39, 0.29) is 18.1 Å². The number of carbonyl (C=O) groups excluding carboxylic acids is 2. The van der Waals surface area contributed by atoms with Crippen molar-refractivity contribution in [3.8, 4) is 0 Å². The van der Waals surface area contributed by atoms with Crippen molar-refractivity contribution in [1.82, 2.24) is 10.2 Å². The first kappa shape index (κ1) is 15.7. The lowest BCUT2D eigenvalue weighted by Crippen LogP contribution is -2.32. The Balaban J connectivity index is 1.86. The van der Waals surface area contributed by atoms with Crippen LogP contribution in [0.15, 0.2) is 18.2 Å². The summed E-state index contributed by atoms with van der Waals surface area (Å²) < 4.78 is 0. The van der Waals surface area contributed by atoms with Gasteiger partial charge in [0.05, 0.1) is 0 Å². The highest BCUT2D eigenvalue weighted by molar-refractivity contribution is 5.98. The van der Waals surface area contributed by atoms with Gasteiger partial charge in [0, 0.05) is 38.5 Å². The van der Waals surface area contributed by atoms with Crippen LogP contribution in [0.5, 0.6) is 0 Å². The van der Waals surface area contributed by atoms with Crippen molar-refractivity contribution in [2.75, 3.05) is 27.2 Å². The molecule has 0 atom stereocenters. The lowest BCUT2D eigenvalue weighted by atomic mass is 10.0. The molecule has 1 aromatic carbocycles. The van der Waals surface area contributed by atoms with Gasteiger partial charge in [0.2, 0.25) is 5.91 Å². The standard InChI is InChI=1S/C17H24N2O2/c1-18-10-11-19(2)17(21)9-8-16(20)15-7-6-13-4-3-5-14(13)12-15/h6-7,12,18H,3-5,8-11H2,1-2H3. The second-order valence-corrected chi connectivity index (χ2v) is 5.68. The van der Waals surface area contributed by atoms with Crippen LogP contribution >= 0.6 is 0 Å². The van der Waals surface area contributed by atoms with E-state index in [0.717, 1.165) is 24.9 Å². The van der Waals surface area contributed by atoms with Gasteiger partial charge in [-0.25, -0.2) is 0 Å². The van der Waals surface area contributed by atoms with Gasteiger partial charge in [0.15, 0.2) is 5.78 Å². The predicted octanol–water partition coefficient (Wildman–Crippen LogP) is 1.82. The van der Waals surface area contributed by atoms with E-state index in [1.165, 1.54) is 17.5 Å². The zero-order valence-corrected chi connectivity index (χ0v) is 12.9. The number of nitrogens with one attached hydrogen (secondary N) is 1. The van der Waals surface area contributed by atoms with Crippen LogP contribution < -0.4 is 5.32 Å². The Morgan fingerprint density at radius 2 is 1.95 bits per heavy atom. The number of benzene rings is 1. The molecule has 4 nitrogen and oxygen atoms in total. The molecule has 0 fully saturated rings. The summed E-state index contributed by atoms with van der Waals surface area (Å²) in [5, 5.41) is 3.01. The van der Waals surface area contributed by atoms with E-state index < -0.39 is 0 Å². The van der Waals surface area contributed by atoms with Gasteiger partial charge in [0.25, 0.3) is 0 Å². The van der Waals surface area contributed by atoms with Gasteiger partial charge in [-0.05, 0) is 43.5 Å². The van der Waals surface area contributed by atoms with Gasteiger partial charge in [-0.1, -0.05) is 12.1 Å². The van der Waals surface area contributed by atoms with Crippen molar-refractivity contribution in [3.63, 3.8) is 0 Å². The Morgan fingerprint density at radius 3 is 2.71 bits per heavy atom. The minimum absolute atomic E-state index is 0.0276. The molecular formula is C17H24N2O2. The van der Waals surface area contributed by atoms with Crippen LogP contribution in [0, 0.1) is 0 Å². The number of aryl methyl sites for hydroxylation is 2. The monoisotopic (exact) mass is 288 g/mol. The highest BCUT2D eigenvalue weighted by Crippen LogP contribution is 2.23. The maximum atomic E-state index is 12.2. The summed E-state index contributed by atoms with van der Waals surface area (Å²) in [6.07, 6.45) is 3.96. The number of rotatable bonds is 7. The average molecular weight is 288 g/mol. The van der Waals surface area contributed by atoms with Crippen molar-refractivity contribution >= 4 is 11.7 Å². The van der Waals surface area contributed by atoms with Crippen LogP contribution in [0.3, 0.4) is 0 Å². The molecule has 2 rings (SSSR count). The number of amides is 1. The molecule has 21 heavy (non-hydrogen) atoms. The van der Waals surface area contributed by atoms with E-state index in [1.54, 1.807) is 11.9 Å². The molecular weight excluding hydrogens is 264 g/mol. The van der Waals surface area contributed by atoms with E-state index in [2.05, 4.69) is 11.4 Å². The number of hydrogen-bond acceptors (Lipinski definition) is 3. The van der Waals surface area contributed by atoms with Crippen LogP contribution in [0.2, 0.25) is 0 Å². The quantitative estimate of drug-likeness (QED) is 0.779. The first-order valence-corrected chi connectivity index (χ1v) is 7.65. The third-order valence-corrected chi connectivity index (χ3v) is 4.11. The fourth-order valence-corrected chi connectivity index (χ4v) is 2.71. The molecule has 1 amide bonds. The number of carbonyl (C=O) groups is 2. The SMILES string of the molecule is CNCCN(C)C(=O)CCC(=O)c1ccc2c(c1)CCC2. The Hall–Kier alpha value is -1.68. The molecule has 0 aromatic heterocycles.